The van der Waals surface area contributed by atoms with Crippen molar-refractivity contribution in [2.45, 2.75) is 13.0 Å². The smallest absolute Gasteiger partial charge is 0.270 e. The molecule has 0 atom stereocenters. The number of methoxy groups -OCH3 is 1. The van der Waals surface area contributed by atoms with Crippen LogP contribution < -0.4 is 5.32 Å². The molecule has 0 aliphatic rings. The second-order valence-corrected chi connectivity index (χ2v) is 6.46. The van der Waals surface area contributed by atoms with Crippen LogP contribution in [0.1, 0.15) is 16.9 Å². The molecule has 0 aliphatic carbocycles. The summed E-state index contributed by atoms with van der Waals surface area (Å²) in [4.78, 5) is 16.6. The molecular weight excluding hydrogens is 338 g/mol. The Bertz CT molecular complexity index is 856. The van der Waals surface area contributed by atoms with E-state index in [1.807, 2.05) is 12.1 Å². The molecule has 0 fully saturated rings. The summed E-state index contributed by atoms with van der Waals surface area (Å²) in [6, 6.07) is 10.3. The number of carbonyl (C=O) groups excluding carboxylic acids is 1. The molecule has 1 aromatic carbocycles. The van der Waals surface area contributed by atoms with E-state index in [-0.39, 0.29) is 12.5 Å². The van der Waals surface area contributed by atoms with E-state index in [2.05, 4.69) is 33.1 Å². The molecule has 6 nitrogen and oxygen atoms in total. The molecule has 0 radical (unpaired) electrons. The standard InChI is InChI=1S/C18H21N3O3S/c1-24-10-8-21-15-6-3-2-5-13(15)11-16(21)18-20-14(12-25-18)17(23)19-7-4-9-22/h2-3,5-6,11-12,22H,4,7-10H2,1H3,(H,19,23). The molecule has 2 N–H and O–H groups in total. The van der Waals surface area contributed by atoms with Gasteiger partial charge in [0.25, 0.3) is 5.91 Å². The average Bonchev–Trinajstić information content (AvgIpc) is 3.25. The van der Waals surface area contributed by atoms with Crippen LogP contribution in [0.2, 0.25) is 0 Å². The molecule has 3 rings (SSSR count). The van der Waals surface area contributed by atoms with E-state index in [1.54, 1.807) is 12.5 Å². The lowest BCUT2D eigenvalue weighted by Crippen LogP contribution is -2.25. The first-order valence-electron chi connectivity index (χ1n) is 8.16. The van der Waals surface area contributed by atoms with Gasteiger partial charge in [0, 0.05) is 43.1 Å². The van der Waals surface area contributed by atoms with Crippen molar-refractivity contribution in [2.24, 2.45) is 0 Å². The van der Waals surface area contributed by atoms with Crippen LogP contribution >= 0.6 is 11.3 Å². The van der Waals surface area contributed by atoms with Crippen LogP contribution in [0.4, 0.5) is 0 Å². The molecule has 0 saturated heterocycles. The van der Waals surface area contributed by atoms with Gasteiger partial charge in [-0.25, -0.2) is 4.98 Å². The van der Waals surface area contributed by atoms with Gasteiger partial charge in [-0.3, -0.25) is 4.79 Å². The number of amides is 1. The van der Waals surface area contributed by atoms with Crippen LogP contribution in [-0.4, -0.2) is 47.4 Å². The minimum absolute atomic E-state index is 0.0577. The van der Waals surface area contributed by atoms with E-state index in [0.717, 1.165) is 28.1 Å². The number of rotatable bonds is 8. The van der Waals surface area contributed by atoms with Gasteiger partial charge < -0.3 is 19.7 Å². The highest BCUT2D eigenvalue weighted by Crippen LogP contribution is 2.30. The van der Waals surface area contributed by atoms with Crippen molar-refractivity contribution >= 4 is 28.1 Å². The Kier molecular flexibility index (Phi) is 5.80. The number of nitrogens with zero attached hydrogens (tertiary/aromatic N) is 2. The third-order valence-electron chi connectivity index (χ3n) is 3.91. The maximum atomic E-state index is 12.1. The molecule has 0 aliphatic heterocycles. The van der Waals surface area contributed by atoms with Crippen LogP contribution in [0.25, 0.3) is 21.6 Å². The van der Waals surface area contributed by atoms with Gasteiger partial charge in [-0.15, -0.1) is 11.3 Å². The lowest BCUT2D eigenvalue weighted by molar-refractivity contribution is 0.0947. The molecule has 0 bridgehead atoms. The molecule has 0 unspecified atom stereocenters. The maximum absolute atomic E-state index is 12.1. The summed E-state index contributed by atoms with van der Waals surface area (Å²) in [7, 11) is 1.68. The largest absolute Gasteiger partial charge is 0.396 e. The van der Waals surface area contributed by atoms with Crippen molar-refractivity contribution in [3.63, 3.8) is 0 Å². The van der Waals surface area contributed by atoms with Gasteiger partial charge in [-0.2, -0.15) is 0 Å². The van der Waals surface area contributed by atoms with E-state index >= 15 is 0 Å². The molecule has 0 spiro atoms. The quantitative estimate of drug-likeness (QED) is 0.606. The summed E-state index contributed by atoms with van der Waals surface area (Å²) in [5, 5.41) is 15.3. The van der Waals surface area contributed by atoms with E-state index in [4.69, 9.17) is 9.84 Å². The summed E-state index contributed by atoms with van der Waals surface area (Å²) in [6.07, 6.45) is 0.536. The topological polar surface area (TPSA) is 76.4 Å². The zero-order valence-corrected chi connectivity index (χ0v) is 14.9. The Morgan fingerprint density at radius 3 is 3.04 bits per heavy atom. The van der Waals surface area contributed by atoms with Gasteiger partial charge in [0.1, 0.15) is 10.7 Å². The molecule has 25 heavy (non-hydrogen) atoms. The third kappa shape index (κ3) is 3.89. The monoisotopic (exact) mass is 359 g/mol. The normalized spacial score (nSPS) is 11.1. The summed E-state index contributed by atoms with van der Waals surface area (Å²) in [5.41, 5.74) is 2.51. The van der Waals surface area contributed by atoms with Crippen molar-refractivity contribution in [3.8, 4) is 10.7 Å². The predicted molar refractivity (Wildman–Crippen MR) is 99.0 cm³/mol. The Morgan fingerprint density at radius 1 is 1.40 bits per heavy atom. The number of benzene rings is 1. The Balaban J connectivity index is 1.90. The van der Waals surface area contributed by atoms with Crippen molar-refractivity contribution < 1.29 is 14.6 Å². The number of hydrogen-bond donors (Lipinski definition) is 2. The van der Waals surface area contributed by atoms with E-state index < -0.39 is 0 Å². The Morgan fingerprint density at radius 2 is 2.24 bits per heavy atom. The van der Waals surface area contributed by atoms with Crippen LogP contribution in [0, 0.1) is 0 Å². The number of aliphatic hydroxyl groups is 1. The minimum atomic E-state index is -0.212. The first-order chi connectivity index (χ1) is 12.2. The van der Waals surface area contributed by atoms with Crippen molar-refractivity contribution in [3.05, 3.63) is 41.4 Å². The van der Waals surface area contributed by atoms with Gasteiger partial charge in [-0.05, 0) is 18.6 Å². The van der Waals surface area contributed by atoms with Crippen LogP contribution in [-0.2, 0) is 11.3 Å². The molecule has 3 aromatic rings. The number of carbonyl (C=O) groups is 1. The van der Waals surface area contributed by atoms with E-state index in [9.17, 15) is 4.79 Å². The highest BCUT2D eigenvalue weighted by atomic mass is 32.1. The lowest BCUT2D eigenvalue weighted by atomic mass is 10.2. The first-order valence-corrected chi connectivity index (χ1v) is 9.04. The minimum Gasteiger partial charge on any atom is -0.396 e. The zero-order valence-electron chi connectivity index (χ0n) is 14.1. The van der Waals surface area contributed by atoms with Gasteiger partial charge in [0.2, 0.25) is 0 Å². The second-order valence-electron chi connectivity index (χ2n) is 5.60. The number of ether oxygens (including phenoxy) is 1. The highest BCUT2D eigenvalue weighted by molar-refractivity contribution is 7.13. The van der Waals surface area contributed by atoms with Crippen molar-refractivity contribution in [2.75, 3.05) is 26.9 Å². The number of aliphatic hydroxyl groups excluding tert-OH is 1. The van der Waals surface area contributed by atoms with Crippen molar-refractivity contribution in [1.29, 1.82) is 0 Å². The van der Waals surface area contributed by atoms with E-state index in [0.29, 0.717) is 25.3 Å². The van der Waals surface area contributed by atoms with Crippen LogP contribution in [0.15, 0.2) is 35.7 Å². The molecule has 0 saturated carbocycles. The highest BCUT2D eigenvalue weighted by Gasteiger charge is 2.16. The first kappa shape index (κ1) is 17.6. The molecule has 1 amide bonds. The van der Waals surface area contributed by atoms with Gasteiger partial charge in [0.05, 0.1) is 12.3 Å². The van der Waals surface area contributed by atoms with E-state index in [1.165, 1.54) is 11.3 Å². The fraction of sp³-hybridized carbons (Fsp3) is 0.333. The van der Waals surface area contributed by atoms with Crippen LogP contribution in [0.5, 0.6) is 0 Å². The SMILES string of the molecule is COCCn1c(-c2nc(C(=O)NCCCO)cs2)cc2ccccc21. The number of hydrogen-bond acceptors (Lipinski definition) is 5. The Hall–Kier alpha value is -2.22. The van der Waals surface area contributed by atoms with Gasteiger partial charge in [-0.1, -0.05) is 18.2 Å². The third-order valence-corrected chi connectivity index (χ3v) is 4.77. The summed E-state index contributed by atoms with van der Waals surface area (Å²) >= 11 is 1.45. The number of thiazole rings is 1. The molecular formula is C18H21N3O3S. The maximum Gasteiger partial charge on any atom is 0.270 e. The van der Waals surface area contributed by atoms with Crippen molar-refractivity contribution in [1.82, 2.24) is 14.9 Å². The molecule has 2 aromatic heterocycles. The van der Waals surface area contributed by atoms with Gasteiger partial charge >= 0.3 is 0 Å². The molecule has 132 valence electrons. The second kappa shape index (κ2) is 8.24. The fourth-order valence-corrected chi connectivity index (χ4v) is 3.50. The summed E-state index contributed by atoms with van der Waals surface area (Å²) in [5.74, 6) is -0.212. The number of aromatic nitrogens is 2. The van der Waals surface area contributed by atoms with Gasteiger partial charge in [0.15, 0.2) is 0 Å². The fourth-order valence-electron chi connectivity index (χ4n) is 2.68. The predicted octanol–water partition coefficient (Wildman–Crippen LogP) is 2.52. The van der Waals surface area contributed by atoms with Crippen LogP contribution in [0.3, 0.4) is 0 Å². The Labute approximate surface area is 150 Å². The average molecular weight is 359 g/mol. The number of para-hydroxylation sites is 1. The molecule has 7 heteroatoms. The number of fused-ring (bicyclic) bond motifs is 1. The molecule has 2 heterocycles. The lowest BCUT2D eigenvalue weighted by Gasteiger charge is -2.08. The number of nitrogens with one attached hydrogen (secondary N) is 1. The zero-order chi connectivity index (χ0) is 17.6. The summed E-state index contributed by atoms with van der Waals surface area (Å²) in [6.45, 7) is 1.82. The summed E-state index contributed by atoms with van der Waals surface area (Å²) < 4.78 is 7.40.